The van der Waals surface area contributed by atoms with E-state index in [4.69, 9.17) is 10.5 Å². The fraction of sp³-hybridized carbons (Fsp3) is 0.250. The van der Waals surface area contributed by atoms with Crippen molar-refractivity contribution in [2.24, 2.45) is 0 Å². The van der Waals surface area contributed by atoms with E-state index in [1.807, 2.05) is 0 Å². The van der Waals surface area contributed by atoms with E-state index in [1.165, 1.54) is 6.20 Å². The predicted molar refractivity (Wildman–Crippen MR) is 29.6 cm³/mol. The average Bonchev–Trinajstić information content (AvgIpc) is 2.14. The van der Waals surface area contributed by atoms with E-state index in [0.29, 0.717) is 11.8 Å². The second-order valence-corrected chi connectivity index (χ2v) is 1.34. The second-order valence-electron chi connectivity index (χ2n) is 1.34. The van der Waals surface area contributed by atoms with Crippen LogP contribution in [0.15, 0.2) is 6.20 Å². The molecule has 0 aliphatic heterocycles. The molecule has 0 aliphatic carbocycles. The zero-order valence-corrected chi connectivity index (χ0v) is 4.51. The molecule has 4 nitrogen and oxygen atoms in total. The van der Waals surface area contributed by atoms with Gasteiger partial charge in [-0.25, -0.2) is 4.98 Å². The highest BCUT2D eigenvalue weighted by atomic mass is 16.5. The minimum atomic E-state index is 0.377. The fourth-order valence-corrected chi connectivity index (χ4v) is 0.423. The van der Waals surface area contributed by atoms with Gasteiger partial charge in [0.05, 0.1) is 13.3 Å². The van der Waals surface area contributed by atoms with Crippen LogP contribution in [0.25, 0.3) is 0 Å². The Morgan fingerprint density at radius 3 is 2.88 bits per heavy atom. The molecule has 1 heterocycles. The lowest BCUT2D eigenvalue weighted by Gasteiger charge is -1.87. The first-order valence-electron chi connectivity index (χ1n) is 2.17. The number of anilines is 1. The van der Waals surface area contributed by atoms with Gasteiger partial charge in [0.15, 0.2) is 5.95 Å². The summed E-state index contributed by atoms with van der Waals surface area (Å²) < 4.78 is 4.74. The number of hydrogen-bond donors (Lipinski definition) is 2. The second kappa shape index (κ2) is 1.73. The summed E-state index contributed by atoms with van der Waals surface area (Å²) in [6.45, 7) is 0. The predicted octanol–water partition coefficient (Wildman–Crippen LogP) is 0.000500. The maximum absolute atomic E-state index is 5.21. The number of hydrogen-bond acceptors (Lipinski definition) is 3. The van der Waals surface area contributed by atoms with E-state index in [-0.39, 0.29) is 0 Å². The van der Waals surface area contributed by atoms with E-state index < -0.39 is 0 Å². The lowest BCUT2D eigenvalue weighted by Crippen LogP contribution is -1.86. The number of imidazole rings is 1. The topological polar surface area (TPSA) is 63.9 Å². The van der Waals surface area contributed by atoms with Crippen LogP contribution in [0.4, 0.5) is 5.95 Å². The van der Waals surface area contributed by atoms with Gasteiger partial charge in [0, 0.05) is 0 Å². The van der Waals surface area contributed by atoms with Crippen LogP contribution in [0.2, 0.25) is 0 Å². The molecule has 1 aromatic rings. The molecule has 0 fully saturated rings. The molecule has 1 aromatic heterocycles. The van der Waals surface area contributed by atoms with Crippen molar-refractivity contribution in [1.29, 1.82) is 0 Å². The lowest BCUT2D eigenvalue weighted by atomic mass is 10.9. The van der Waals surface area contributed by atoms with Gasteiger partial charge in [-0.05, 0) is 0 Å². The van der Waals surface area contributed by atoms with Gasteiger partial charge in [-0.3, -0.25) is 4.98 Å². The fourth-order valence-electron chi connectivity index (χ4n) is 0.423. The first kappa shape index (κ1) is 4.96. The number of aromatic nitrogens is 2. The molecule has 0 aromatic carbocycles. The summed E-state index contributed by atoms with van der Waals surface area (Å²) in [5.74, 6) is 0.962. The van der Waals surface area contributed by atoms with Gasteiger partial charge in [-0.1, -0.05) is 0 Å². The molecule has 44 valence electrons. The van der Waals surface area contributed by atoms with Crippen LogP contribution in [0.3, 0.4) is 0 Å². The van der Waals surface area contributed by atoms with E-state index in [0.717, 1.165) is 0 Å². The number of nitrogens with two attached hydrogens (primary N) is 1. The monoisotopic (exact) mass is 113 g/mol. The van der Waals surface area contributed by atoms with E-state index in [2.05, 4.69) is 9.97 Å². The van der Waals surface area contributed by atoms with Crippen molar-refractivity contribution in [3.05, 3.63) is 6.20 Å². The Balaban J connectivity index is 2.84. The van der Waals surface area contributed by atoms with Crippen LogP contribution < -0.4 is 10.5 Å². The van der Waals surface area contributed by atoms with Gasteiger partial charge >= 0.3 is 0 Å². The number of ether oxygens (including phenoxy) is 1. The molecule has 3 N–H and O–H groups in total. The Labute approximate surface area is 46.7 Å². The van der Waals surface area contributed by atoms with Crippen molar-refractivity contribution in [1.82, 2.24) is 9.97 Å². The van der Waals surface area contributed by atoms with Gasteiger partial charge < -0.3 is 10.5 Å². The third-order valence-electron chi connectivity index (χ3n) is 0.792. The zero-order chi connectivity index (χ0) is 5.98. The van der Waals surface area contributed by atoms with Crippen molar-refractivity contribution < 1.29 is 4.74 Å². The minimum Gasteiger partial charge on any atom is -0.481 e. The summed E-state index contributed by atoms with van der Waals surface area (Å²) in [5, 5.41) is 0. The molecule has 0 saturated carbocycles. The normalized spacial score (nSPS) is 9.12. The van der Waals surface area contributed by atoms with Gasteiger partial charge in [-0.2, -0.15) is 0 Å². The van der Waals surface area contributed by atoms with Crippen LogP contribution in [0.5, 0.6) is 5.88 Å². The summed E-state index contributed by atoms with van der Waals surface area (Å²) in [5.41, 5.74) is 5.21. The Morgan fingerprint density at radius 2 is 2.62 bits per heavy atom. The Kier molecular flexibility index (Phi) is 1.07. The number of nitrogen functional groups attached to an aromatic ring is 1. The summed E-state index contributed by atoms with van der Waals surface area (Å²) in [4.78, 5) is 6.35. The van der Waals surface area contributed by atoms with Crippen LogP contribution in [0, 0.1) is 0 Å². The molecule has 4 heteroatoms. The summed E-state index contributed by atoms with van der Waals surface area (Å²) in [7, 11) is 1.55. The quantitative estimate of drug-likeness (QED) is 0.538. The number of methoxy groups -OCH3 is 1. The maximum atomic E-state index is 5.21. The van der Waals surface area contributed by atoms with Crippen LogP contribution in [0.1, 0.15) is 0 Å². The Hall–Kier alpha value is -1.19. The van der Waals surface area contributed by atoms with E-state index in [9.17, 15) is 0 Å². The van der Waals surface area contributed by atoms with Crippen molar-refractivity contribution >= 4 is 5.95 Å². The number of rotatable bonds is 1. The highest BCUT2D eigenvalue weighted by Crippen LogP contribution is 2.04. The van der Waals surface area contributed by atoms with Crippen molar-refractivity contribution in [2.45, 2.75) is 0 Å². The molecule has 0 aliphatic rings. The largest absolute Gasteiger partial charge is 0.481 e. The lowest BCUT2D eigenvalue weighted by molar-refractivity contribution is 0.400. The summed E-state index contributed by atoms with van der Waals surface area (Å²) >= 11 is 0. The average molecular weight is 113 g/mol. The summed E-state index contributed by atoms with van der Waals surface area (Å²) in [6.07, 6.45) is 1.52. The van der Waals surface area contributed by atoms with Crippen LogP contribution in [-0.4, -0.2) is 17.1 Å². The SMILES string of the molecule is COc1cnc(N)[nH]1. The molecule has 0 bridgehead atoms. The first-order chi connectivity index (χ1) is 3.83. The molecule has 1 rings (SSSR count). The molecular weight excluding hydrogens is 106 g/mol. The molecule has 0 atom stereocenters. The van der Waals surface area contributed by atoms with Crippen molar-refractivity contribution in [3.8, 4) is 5.88 Å². The highest BCUT2D eigenvalue weighted by Gasteiger charge is 1.90. The standard InChI is InChI=1S/C4H7N3O/c1-8-3-2-6-4(5)7-3/h2H,1H3,(H3,5,6,7). The minimum absolute atomic E-state index is 0.377. The van der Waals surface area contributed by atoms with Crippen molar-refractivity contribution in [2.75, 3.05) is 12.8 Å². The van der Waals surface area contributed by atoms with Crippen LogP contribution in [-0.2, 0) is 0 Å². The maximum Gasteiger partial charge on any atom is 0.212 e. The Bertz CT molecular complexity index is 172. The molecule has 0 unspecified atom stereocenters. The zero-order valence-electron chi connectivity index (χ0n) is 4.51. The van der Waals surface area contributed by atoms with Crippen LogP contribution >= 0.6 is 0 Å². The number of nitrogens with one attached hydrogen (secondary N) is 1. The van der Waals surface area contributed by atoms with Gasteiger partial charge in [0.1, 0.15) is 0 Å². The van der Waals surface area contributed by atoms with E-state index in [1.54, 1.807) is 7.11 Å². The van der Waals surface area contributed by atoms with Gasteiger partial charge in [0.25, 0.3) is 0 Å². The van der Waals surface area contributed by atoms with Gasteiger partial charge in [0.2, 0.25) is 5.88 Å². The third kappa shape index (κ3) is 0.726. The molecule has 0 spiro atoms. The van der Waals surface area contributed by atoms with Gasteiger partial charge in [-0.15, -0.1) is 0 Å². The number of H-pyrrole nitrogens is 1. The molecule has 0 saturated heterocycles. The van der Waals surface area contributed by atoms with E-state index >= 15 is 0 Å². The molecule has 8 heavy (non-hydrogen) atoms. The molecule has 0 amide bonds. The van der Waals surface area contributed by atoms with Crippen molar-refractivity contribution in [3.63, 3.8) is 0 Å². The smallest absolute Gasteiger partial charge is 0.212 e. The first-order valence-corrected chi connectivity index (χ1v) is 2.17. The third-order valence-corrected chi connectivity index (χ3v) is 0.792. The number of nitrogens with zero attached hydrogens (tertiary/aromatic N) is 1. The summed E-state index contributed by atoms with van der Waals surface area (Å²) in [6, 6.07) is 0. The number of aromatic amines is 1. The molecular formula is C4H7N3O. The Morgan fingerprint density at radius 1 is 1.88 bits per heavy atom. The highest BCUT2D eigenvalue weighted by molar-refractivity contribution is 5.21. The molecule has 0 radical (unpaired) electrons.